The maximum atomic E-state index is 12.2. The molecule has 0 atom stereocenters. The van der Waals surface area contributed by atoms with Crippen LogP contribution in [0.5, 0.6) is 0 Å². The molecule has 0 aliphatic heterocycles. The van der Waals surface area contributed by atoms with Gasteiger partial charge in [0.2, 0.25) is 0 Å². The van der Waals surface area contributed by atoms with Crippen molar-refractivity contribution in [1.29, 1.82) is 0 Å². The van der Waals surface area contributed by atoms with Crippen LogP contribution in [0.3, 0.4) is 0 Å². The van der Waals surface area contributed by atoms with Crippen LogP contribution in [0.15, 0.2) is 4.99 Å². The minimum absolute atomic E-state index is 0.313. The van der Waals surface area contributed by atoms with Crippen LogP contribution in [-0.2, 0) is 13.6 Å². The van der Waals surface area contributed by atoms with Crippen LogP contribution >= 0.6 is 0 Å². The topological polar surface area (TPSA) is 67.1 Å². The van der Waals surface area contributed by atoms with Gasteiger partial charge in [-0.1, -0.05) is 12.8 Å². The highest BCUT2D eigenvalue weighted by molar-refractivity contribution is 5.80. The van der Waals surface area contributed by atoms with Gasteiger partial charge in [0.15, 0.2) is 11.8 Å². The number of rotatable bonds is 6. The molecule has 0 bridgehead atoms. The van der Waals surface area contributed by atoms with E-state index in [-0.39, 0.29) is 6.67 Å². The molecule has 2 N–H and O–H groups in total. The molecule has 118 valence electrons. The average Bonchev–Trinajstić information content (AvgIpc) is 3.09. The van der Waals surface area contributed by atoms with Gasteiger partial charge in [0.25, 0.3) is 0 Å². The van der Waals surface area contributed by atoms with Gasteiger partial charge in [-0.2, -0.15) is 0 Å². The monoisotopic (exact) mass is 296 g/mol. The first-order valence-electron chi connectivity index (χ1n) is 7.66. The fraction of sp³-hybridized carbons (Fsp3) is 0.786. The molecule has 1 fully saturated rings. The number of nitrogens with one attached hydrogen (secondary N) is 2. The Morgan fingerprint density at radius 1 is 1.38 bits per heavy atom. The summed E-state index contributed by atoms with van der Waals surface area (Å²) in [7, 11) is 1.93. The molecule has 0 spiro atoms. The van der Waals surface area contributed by atoms with Crippen molar-refractivity contribution in [3.63, 3.8) is 0 Å². The van der Waals surface area contributed by atoms with E-state index < -0.39 is 0 Å². The van der Waals surface area contributed by atoms with Crippen LogP contribution < -0.4 is 10.6 Å². The Morgan fingerprint density at radius 2 is 2.14 bits per heavy atom. The zero-order valence-corrected chi connectivity index (χ0v) is 12.9. The summed E-state index contributed by atoms with van der Waals surface area (Å²) in [6.07, 6.45) is 5.37. The van der Waals surface area contributed by atoms with Crippen molar-refractivity contribution in [3.8, 4) is 0 Å². The lowest BCUT2D eigenvalue weighted by Crippen LogP contribution is -2.42. The summed E-state index contributed by atoms with van der Waals surface area (Å²) in [6.45, 7) is 2.66. The summed E-state index contributed by atoms with van der Waals surface area (Å²) in [4.78, 5) is 4.55. The molecule has 0 saturated heterocycles. The van der Waals surface area contributed by atoms with Gasteiger partial charge < -0.3 is 15.2 Å². The minimum Gasteiger partial charge on any atom is -0.356 e. The molecule has 0 unspecified atom stereocenters. The first-order chi connectivity index (χ1) is 10.2. The van der Waals surface area contributed by atoms with E-state index in [0.717, 1.165) is 17.6 Å². The van der Waals surface area contributed by atoms with Crippen LogP contribution in [0.2, 0.25) is 0 Å². The average molecular weight is 296 g/mol. The van der Waals surface area contributed by atoms with Crippen LogP contribution in [0.25, 0.3) is 0 Å². The summed E-state index contributed by atoms with van der Waals surface area (Å²) in [5, 5.41) is 14.7. The highest BCUT2D eigenvalue weighted by Gasteiger charge is 2.16. The van der Waals surface area contributed by atoms with Gasteiger partial charge >= 0.3 is 0 Å². The van der Waals surface area contributed by atoms with Gasteiger partial charge in [-0.05, 0) is 26.2 Å². The Kier molecular flexibility index (Phi) is 5.95. The number of guanidine groups is 1. The summed E-state index contributed by atoms with van der Waals surface area (Å²) >= 11 is 0. The van der Waals surface area contributed by atoms with Crippen LogP contribution in [0.1, 0.15) is 43.8 Å². The van der Waals surface area contributed by atoms with Crippen LogP contribution in [0, 0.1) is 6.92 Å². The molecule has 6 nitrogen and oxygen atoms in total. The summed E-state index contributed by atoms with van der Waals surface area (Å²) in [5.74, 6) is 2.44. The third kappa shape index (κ3) is 4.68. The van der Waals surface area contributed by atoms with Gasteiger partial charge in [-0.25, -0.2) is 4.99 Å². The van der Waals surface area contributed by atoms with Gasteiger partial charge in [-0.15, -0.1) is 10.2 Å². The summed E-state index contributed by atoms with van der Waals surface area (Å²) in [5.41, 5.74) is 0. The van der Waals surface area contributed by atoms with Crippen LogP contribution in [0.4, 0.5) is 4.39 Å². The molecule has 1 heterocycles. The SMILES string of the molecule is Cc1nnc(CN=C(NCCCF)NC2CCCC2)n1C. The minimum atomic E-state index is -0.313. The van der Waals surface area contributed by atoms with Crippen molar-refractivity contribution in [2.75, 3.05) is 13.2 Å². The molecule has 1 aliphatic carbocycles. The number of aromatic nitrogens is 3. The lowest BCUT2D eigenvalue weighted by molar-refractivity contribution is 0.469. The van der Waals surface area contributed by atoms with Gasteiger partial charge in [-0.3, -0.25) is 4.39 Å². The summed E-state index contributed by atoms with van der Waals surface area (Å²) in [6, 6.07) is 0.475. The zero-order valence-electron chi connectivity index (χ0n) is 12.9. The van der Waals surface area contributed by atoms with E-state index >= 15 is 0 Å². The quantitative estimate of drug-likeness (QED) is 0.474. The molecule has 7 heteroatoms. The second-order valence-corrected chi connectivity index (χ2v) is 5.48. The lowest BCUT2D eigenvalue weighted by atomic mass is 10.2. The number of aryl methyl sites for hydroxylation is 1. The highest BCUT2D eigenvalue weighted by Crippen LogP contribution is 2.17. The van der Waals surface area contributed by atoms with Crippen LogP contribution in [-0.4, -0.2) is 40.0 Å². The predicted octanol–water partition coefficient (Wildman–Crippen LogP) is 1.46. The van der Waals surface area contributed by atoms with E-state index in [4.69, 9.17) is 0 Å². The lowest BCUT2D eigenvalue weighted by Gasteiger charge is -2.17. The molecule has 0 radical (unpaired) electrons. The van der Waals surface area contributed by atoms with Crippen molar-refractivity contribution in [2.24, 2.45) is 12.0 Å². The Bertz CT molecular complexity index is 464. The molecule has 1 aromatic rings. The van der Waals surface area contributed by atoms with Gasteiger partial charge in [0.05, 0.1) is 6.67 Å². The third-order valence-electron chi connectivity index (χ3n) is 3.86. The Hall–Kier alpha value is -1.66. The number of nitrogens with zero attached hydrogens (tertiary/aromatic N) is 4. The van der Waals surface area contributed by atoms with E-state index in [1.807, 2.05) is 18.5 Å². The normalized spacial score (nSPS) is 16.4. The maximum absolute atomic E-state index is 12.2. The number of aliphatic imine (C=N–C) groups is 1. The van der Waals surface area contributed by atoms with E-state index in [0.29, 0.717) is 25.6 Å². The van der Waals surface area contributed by atoms with Crippen molar-refractivity contribution in [1.82, 2.24) is 25.4 Å². The molecule has 0 aromatic carbocycles. The van der Waals surface area contributed by atoms with Gasteiger partial charge in [0.1, 0.15) is 12.4 Å². The molecule has 0 amide bonds. The molecular formula is C14H25FN6. The highest BCUT2D eigenvalue weighted by atomic mass is 19.1. The number of hydrogen-bond donors (Lipinski definition) is 2. The van der Waals surface area contributed by atoms with E-state index in [2.05, 4.69) is 25.8 Å². The predicted molar refractivity (Wildman–Crippen MR) is 80.9 cm³/mol. The Morgan fingerprint density at radius 3 is 2.76 bits per heavy atom. The largest absolute Gasteiger partial charge is 0.356 e. The second-order valence-electron chi connectivity index (χ2n) is 5.48. The molecule has 1 aromatic heterocycles. The number of hydrogen-bond acceptors (Lipinski definition) is 3. The van der Waals surface area contributed by atoms with Crippen molar-refractivity contribution in [3.05, 3.63) is 11.6 Å². The smallest absolute Gasteiger partial charge is 0.191 e. The standard InChI is InChI=1S/C14H25FN6/c1-11-19-20-13(21(11)2)10-17-14(16-9-5-8-15)18-12-6-3-4-7-12/h12H,3-10H2,1-2H3,(H2,16,17,18). The first-order valence-corrected chi connectivity index (χ1v) is 7.66. The Balaban J connectivity index is 1.95. The fourth-order valence-electron chi connectivity index (χ4n) is 2.43. The molecule has 1 aliphatic rings. The molecular weight excluding hydrogens is 271 g/mol. The fourth-order valence-corrected chi connectivity index (χ4v) is 2.43. The first kappa shape index (κ1) is 15.7. The maximum Gasteiger partial charge on any atom is 0.191 e. The second kappa shape index (κ2) is 7.95. The van der Waals surface area contributed by atoms with Crippen molar-refractivity contribution in [2.45, 2.75) is 51.6 Å². The van der Waals surface area contributed by atoms with Crippen molar-refractivity contribution < 1.29 is 4.39 Å². The molecule has 1 saturated carbocycles. The zero-order chi connectivity index (χ0) is 15.1. The molecule has 21 heavy (non-hydrogen) atoms. The van der Waals surface area contributed by atoms with Crippen molar-refractivity contribution >= 4 is 5.96 Å². The number of alkyl halides is 1. The molecule has 2 rings (SSSR count). The Labute approximate surface area is 125 Å². The third-order valence-corrected chi connectivity index (χ3v) is 3.86. The summed E-state index contributed by atoms with van der Waals surface area (Å²) < 4.78 is 14.2. The number of halogens is 1. The van der Waals surface area contributed by atoms with E-state index in [1.54, 1.807) is 0 Å². The van der Waals surface area contributed by atoms with E-state index in [1.165, 1.54) is 25.7 Å². The van der Waals surface area contributed by atoms with Gasteiger partial charge in [0, 0.05) is 19.6 Å². The van der Waals surface area contributed by atoms with E-state index in [9.17, 15) is 4.39 Å².